The molecule has 2 aliphatic heterocycles. The lowest BCUT2D eigenvalue weighted by molar-refractivity contribution is 0.0914. The Bertz CT molecular complexity index is 770. The lowest BCUT2D eigenvalue weighted by Gasteiger charge is -2.33. The maximum absolute atomic E-state index is 12.2. The van der Waals surface area contributed by atoms with Crippen molar-refractivity contribution in [2.24, 2.45) is 5.92 Å². The quantitative estimate of drug-likeness (QED) is 0.760. The second-order valence-electron chi connectivity index (χ2n) is 7.75. The first-order valence-electron chi connectivity index (χ1n) is 10.1. The second-order valence-corrected chi connectivity index (χ2v) is 7.75. The van der Waals surface area contributed by atoms with Crippen molar-refractivity contribution in [3.05, 3.63) is 60.2 Å². The van der Waals surface area contributed by atoms with Crippen LogP contribution in [0, 0.1) is 5.92 Å². The summed E-state index contributed by atoms with van der Waals surface area (Å²) in [4.78, 5) is 16.4. The molecule has 2 fully saturated rings. The van der Waals surface area contributed by atoms with Gasteiger partial charge in [0.25, 0.3) is 0 Å². The summed E-state index contributed by atoms with van der Waals surface area (Å²) in [7, 11) is 1.70. The zero-order valence-corrected chi connectivity index (χ0v) is 16.4. The minimum atomic E-state index is -0.231. The number of carbonyl (C=O) groups is 1. The Labute approximate surface area is 166 Å². The number of piperidine rings is 1. The third-order valence-electron chi connectivity index (χ3n) is 5.79. The normalized spacial score (nSPS) is 21.0. The molecule has 5 nitrogen and oxygen atoms in total. The van der Waals surface area contributed by atoms with Gasteiger partial charge in [-0.25, -0.2) is 4.79 Å². The average Bonchev–Trinajstić information content (AvgIpc) is 3.11. The standard InChI is InChI=1S/C23H28N2O3/c1-27-21-9-7-18(8-10-21)15-19-11-13-24(14-12-19)16-22-17-25(23(26)28-22)20-5-3-2-4-6-20/h2-10,19,22H,11-17H2,1H3. The molecule has 1 atom stereocenters. The number of anilines is 1. The Balaban J connectivity index is 1.24. The van der Waals surface area contributed by atoms with Crippen LogP contribution >= 0.6 is 0 Å². The van der Waals surface area contributed by atoms with Crippen LogP contribution in [0.4, 0.5) is 10.5 Å². The molecule has 5 heteroatoms. The van der Waals surface area contributed by atoms with Gasteiger partial charge in [-0.15, -0.1) is 0 Å². The van der Waals surface area contributed by atoms with Crippen molar-refractivity contribution in [3.8, 4) is 5.75 Å². The largest absolute Gasteiger partial charge is 0.497 e. The van der Waals surface area contributed by atoms with Crippen LogP contribution in [-0.2, 0) is 11.2 Å². The summed E-state index contributed by atoms with van der Waals surface area (Å²) in [5.41, 5.74) is 2.29. The number of nitrogens with zero attached hydrogens (tertiary/aromatic N) is 2. The molecule has 2 aliphatic rings. The Hall–Kier alpha value is -2.53. The summed E-state index contributed by atoms with van der Waals surface area (Å²) in [6.45, 7) is 3.60. The van der Waals surface area contributed by atoms with Crippen LogP contribution in [0.1, 0.15) is 18.4 Å². The van der Waals surface area contributed by atoms with Gasteiger partial charge in [0, 0.05) is 12.2 Å². The van der Waals surface area contributed by atoms with Crippen molar-refractivity contribution in [1.29, 1.82) is 0 Å². The van der Waals surface area contributed by atoms with Gasteiger partial charge in [0.1, 0.15) is 11.9 Å². The predicted octanol–water partition coefficient (Wildman–Crippen LogP) is 3.98. The highest BCUT2D eigenvalue weighted by molar-refractivity contribution is 5.89. The molecular formula is C23H28N2O3. The molecule has 0 spiro atoms. The number of rotatable bonds is 6. The fourth-order valence-corrected chi connectivity index (χ4v) is 4.19. The molecule has 0 aromatic heterocycles. The van der Waals surface area contributed by atoms with E-state index < -0.39 is 0 Å². The molecule has 0 N–H and O–H groups in total. The van der Waals surface area contributed by atoms with E-state index in [2.05, 4.69) is 17.0 Å². The van der Waals surface area contributed by atoms with Gasteiger partial charge in [-0.05, 0) is 68.1 Å². The Kier molecular flexibility index (Phi) is 5.81. The van der Waals surface area contributed by atoms with E-state index in [9.17, 15) is 4.79 Å². The van der Waals surface area contributed by atoms with E-state index in [4.69, 9.17) is 9.47 Å². The fraction of sp³-hybridized carbons (Fsp3) is 0.435. The number of benzene rings is 2. The van der Waals surface area contributed by atoms with Crippen molar-refractivity contribution >= 4 is 11.8 Å². The molecule has 0 saturated carbocycles. The van der Waals surface area contributed by atoms with Crippen molar-refractivity contribution in [2.45, 2.75) is 25.4 Å². The van der Waals surface area contributed by atoms with Crippen LogP contribution in [0.2, 0.25) is 0 Å². The molecule has 2 heterocycles. The van der Waals surface area contributed by atoms with Crippen LogP contribution in [-0.4, -0.2) is 50.4 Å². The van der Waals surface area contributed by atoms with E-state index >= 15 is 0 Å². The van der Waals surface area contributed by atoms with E-state index in [1.807, 2.05) is 42.5 Å². The Morgan fingerprint density at radius 3 is 2.43 bits per heavy atom. The van der Waals surface area contributed by atoms with Gasteiger partial charge in [0.15, 0.2) is 0 Å². The first-order valence-corrected chi connectivity index (χ1v) is 10.1. The molecule has 28 heavy (non-hydrogen) atoms. The number of hydrogen-bond donors (Lipinski definition) is 0. The van der Waals surface area contributed by atoms with Crippen molar-refractivity contribution < 1.29 is 14.3 Å². The number of para-hydroxylation sites is 1. The van der Waals surface area contributed by atoms with Gasteiger partial charge in [-0.2, -0.15) is 0 Å². The van der Waals surface area contributed by atoms with Crippen LogP contribution in [0.15, 0.2) is 54.6 Å². The summed E-state index contributed by atoms with van der Waals surface area (Å²) in [6.07, 6.45) is 3.22. The number of cyclic esters (lactones) is 1. The number of hydrogen-bond acceptors (Lipinski definition) is 4. The molecule has 2 aromatic carbocycles. The summed E-state index contributed by atoms with van der Waals surface area (Å²) < 4.78 is 10.8. The van der Waals surface area contributed by atoms with Gasteiger partial charge < -0.3 is 9.47 Å². The number of amides is 1. The van der Waals surface area contributed by atoms with Crippen LogP contribution in [0.25, 0.3) is 0 Å². The number of likely N-dealkylation sites (tertiary alicyclic amines) is 1. The minimum absolute atomic E-state index is 0.0501. The topological polar surface area (TPSA) is 42.0 Å². The molecule has 2 aromatic rings. The Morgan fingerprint density at radius 1 is 1.04 bits per heavy atom. The smallest absolute Gasteiger partial charge is 0.414 e. The maximum Gasteiger partial charge on any atom is 0.414 e. The van der Waals surface area contributed by atoms with E-state index in [-0.39, 0.29) is 12.2 Å². The molecule has 1 unspecified atom stereocenters. The molecule has 148 valence electrons. The highest BCUT2D eigenvalue weighted by Crippen LogP contribution is 2.25. The molecule has 0 aliphatic carbocycles. The van der Waals surface area contributed by atoms with E-state index in [1.54, 1.807) is 12.0 Å². The summed E-state index contributed by atoms with van der Waals surface area (Å²) in [5.74, 6) is 1.63. The van der Waals surface area contributed by atoms with Gasteiger partial charge in [-0.3, -0.25) is 9.80 Å². The molecule has 2 saturated heterocycles. The maximum atomic E-state index is 12.2. The zero-order valence-electron chi connectivity index (χ0n) is 16.4. The lowest BCUT2D eigenvalue weighted by Crippen LogP contribution is -2.40. The highest BCUT2D eigenvalue weighted by atomic mass is 16.6. The fourth-order valence-electron chi connectivity index (χ4n) is 4.19. The third-order valence-corrected chi connectivity index (χ3v) is 5.79. The molecule has 0 radical (unpaired) electrons. The Morgan fingerprint density at radius 2 is 1.75 bits per heavy atom. The van der Waals surface area contributed by atoms with E-state index in [0.717, 1.165) is 43.4 Å². The third kappa shape index (κ3) is 4.47. The zero-order chi connectivity index (χ0) is 19.3. The van der Waals surface area contributed by atoms with Gasteiger partial charge >= 0.3 is 6.09 Å². The van der Waals surface area contributed by atoms with Crippen LogP contribution in [0.5, 0.6) is 5.75 Å². The SMILES string of the molecule is COc1ccc(CC2CCN(CC3CN(c4ccccc4)C(=O)O3)CC2)cc1. The van der Waals surface area contributed by atoms with E-state index in [0.29, 0.717) is 6.54 Å². The first kappa shape index (κ1) is 18.8. The average molecular weight is 380 g/mol. The highest BCUT2D eigenvalue weighted by Gasteiger charge is 2.34. The van der Waals surface area contributed by atoms with Crippen molar-refractivity contribution in [1.82, 2.24) is 4.90 Å². The first-order chi connectivity index (χ1) is 13.7. The molecule has 0 bridgehead atoms. The molecule has 1 amide bonds. The lowest BCUT2D eigenvalue weighted by atomic mass is 9.90. The number of methoxy groups -OCH3 is 1. The van der Waals surface area contributed by atoms with E-state index in [1.165, 1.54) is 18.4 Å². The summed E-state index contributed by atoms with van der Waals surface area (Å²) >= 11 is 0. The van der Waals surface area contributed by atoms with Crippen LogP contribution < -0.4 is 9.64 Å². The second kappa shape index (κ2) is 8.65. The molecule has 4 rings (SSSR count). The van der Waals surface area contributed by atoms with Gasteiger partial charge in [0.05, 0.1) is 13.7 Å². The minimum Gasteiger partial charge on any atom is -0.497 e. The monoisotopic (exact) mass is 380 g/mol. The molecular weight excluding hydrogens is 352 g/mol. The van der Waals surface area contributed by atoms with Gasteiger partial charge in [0.2, 0.25) is 0 Å². The number of ether oxygens (including phenoxy) is 2. The summed E-state index contributed by atoms with van der Waals surface area (Å²) in [5, 5.41) is 0. The van der Waals surface area contributed by atoms with Crippen molar-refractivity contribution in [3.63, 3.8) is 0 Å². The van der Waals surface area contributed by atoms with Gasteiger partial charge in [-0.1, -0.05) is 30.3 Å². The van der Waals surface area contributed by atoms with Crippen LogP contribution in [0.3, 0.4) is 0 Å². The van der Waals surface area contributed by atoms with Crippen molar-refractivity contribution in [2.75, 3.05) is 38.2 Å². The number of carbonyl (C=O) groups excluding carboxylic acids is 1. The summed E-state index contributed by atoms with van der Waals surface area (Å²) in [6, 6.07) is 18.2. The predicted molar refractivity (Wildman–Crippen MR) is 110 cm³/mol.